The third-order valence-corrected chi connectivity index (χ3v) is 4.09. The summed E-state index contributed by atoms with van der Waals surface area (Å²) in [6.45, 7) is 4.05. The molecule has 5 heteroatoms. The molecule has 2 amide bonds. The van der Waals surface area contributed by atoms with E-state index in [4.69, 9.17) is 9.15 Å². The fraction of sp³-hybridized carbons (Fsp3) is 0.389. The second-order valence-electron chi connectivity index (χ2n) is 5.63. The predicted octanol–water partition coefficient (Wildman–Crippen LogP) is 3.98. The third-order valence-electron chi connectivity index (χ3n) is 4.09. The highest BCUT2D eigenvalue weighted by Crippen LogP contribution is 2.23. The summed E-state index contributed by atoms with van der Waals surface area (Å²) in [5.41, 5.74) is 1.77. The summed E-state index contributed by atoms with van der Waals surface area (Å²) < 4.78 is 10.8. The maximum absolute atomic E-state index is 12.4. The molecule has 1 aromatic heterocycles. The summed E-state index contributed by atoms with van der Waals surface area (Å²) in [5.74, 6) is 0.819. The summed E-state index contributed by atoms with van der Waals surface area (Å²) in [5, 5.41) is 2.96. The molecule has 3 rings (SSSR count). The quantitative estimate of drug-likeness (QED) is 0.908. The topological polar surface area (TPSA) is 54.7 Å². The van der Waals surface area contributed by atoms with Gasteiger partial charge in [-0.25, -0.2) is 4.79 Å². The number of nitrogens with zero attached hydrogens (tertiary/aromatic N) is 1. The fourth-order valence-electron chi connectivity index (χ4n) is 2.89. The number of carbonyl (C=O) groups excluding carboxylic acids is 1. The molecule has 1 fully saturated rings. The number of anilines is 1. The number of ether oxygens (including phenoxy) is 1. The number of hydrogen-bond donors (Lipinski definition) is 1. The van der Waals surface area contributed by atoms with Crippen LogP contribution in [0.15, 0.2) is 47.1 Å². The van der Waals surface area contributed by atoms with Gasteiger partial charge in [0.05, 0.1) is 18.9 Å². The van der Waals surface area contributed by atoms with Gasteiger partial charge in [-0.05, 0) is 56.2 Å². The molecule has 0 bridgehead atoms. The van der Waals surface area contributed by atoms with Crippen molar-refractivity contribution in [2.24, 2.45) is 0 Å². The number of nitrogens with one attached hydrogen (secondary N) is 1. The second-order valence-corrected chi connectivity index (χ2v) is 5.63. The van der Waals surface area contributed by atoms with E-state index in [0.29, 0.717) is 13.2 Å². The second kappa shape index (κ2) is 7.33. The van der Waals surface area contributed by atoms with Crippen LogP contribution < -0.4 is 5.32 Å². The molecular weight excluding hydrogens is 292 g/mol. The summed E-state index contributed by atoms with van der Waals surface area (Å²) in [6, 6.07) is 11.6. The van der Waals surface area contributed by atoms with Crippen LogP contribution in [0.4, 0.5) is 10.5 Å². The van der Waals surface area contributed by atoms with Gasteiger partial charge in [0.25, 0.3) is 0 Å². The Hall–Kier alpha value is -2.27. The maximum Gasteiger partial charge on any atom is 0.322 e. The molecule has 1 atom stereocenters. The van der Waals surface area contributed by atoms with Crippen molar-refractivity contribution in [2.75, 3.05) is 25.1 Å². The molecule has 1 aliphatic heterocycles. The van der Waals surface area contributed by atoms with Crippen LogP contribution in [0.3, 0.4) is 0 Å². The average molecular weight is 314 g/mol. The van der Waals surface area contributed by atoms with Gasteiger partial charge >= 0.3 is 6.03 Å². The number of amides is 2. The van der Waals surface area contributed by atoms with Crippen molar-refractivity contribution in [3.63, 3.8) is 0 Å². The van der Waals surface area contributed by atoms with Crippen molar-refractivity contribution >= 4 is 11.7 Å². The SMILES string of the molecule is CCOC[C@@H]1CCCN1C(=O)Nc1ccc(-c2ccco2)cc1. The normalized spacial score (nSPS) is 17.4. The highest BCUT2D eigenvalue weighted by Gasteiger charge is 2.28. The van der Waals surface area contributed by atoms with E-state index in [1.807, 2.05) is 48.2 Å². The monoisotopic (exact) mass is 314 g/mol. The summed E-state index contributed by atoms with van der Waals surface area (Å²) in [4.78, 5) is 14.3. The number of hydrogen-bond acceptors (Lipinski definition) is 3. The van der Waals surface area contributed by atoms with Crippen LogP contribution in [0.25, 0.3) is 11.3 Å². The zero-order valence-electron chi connectivity index (χ0n) is 13.3. The standard InChI is InChI=1S/C18H22N2O3/c1-2-22-13-16-5-3-11-20(16)18(21)19-15-9-7-14(8-10-15)17-6-4-12-23-17/h4,6-10,12,16H,2-3,5,11,13H2,1H3,(H,19,21)/t16-/m0/s1. The lowest BCUT2D eigenvalue weighted by Crippen LogP contribution is -2.41. The van der Waals surface area contributed by atoms with Crippen molar-refractivity contribution in [1.29, 1.82) is 0 Å². The minimum atomic E-state index is -0.0575. The summed E-state index contributed by atoms with van der Waals surface area (Å²) >= 11 is 0. The van der Waals surface area contributed by atoms with E-state index in [1.54, 1.807) is 6.26 Å². The van der Waals surface area contributed by atoms with Crippen LogP contribution in [0.5, 0.6) is 0 Å². The number of benzene rings is 1. The molecule has 1 saturated heterocycles. The van der Waals surface area contributed by atoms with Crippen LogP contribution in [-0.2, 0) is 4.74 Å². The molecule has 5 nitrogen and oxygen atoms in total. The molecule has 23 heavy (non-hydrogen) atoms. The van der Waals surface area contributed by atoms with Gasteiger partial charge < -0.3 is 19.4 Å². The molecule has 2 aromatic rings. The van der Waals surface area contributed by atoms with Gasteiger partial charge in [0.15, 0.2) is 0 Å². The highest BCUT2D eigenvalue weighted by molar-refractivity contribution is 5.90. The zero-order chi connectivity index (χ0) is 16.1. The van der Waals surface area contributed by atoms with Crippen LogP contribution in [0.2, 0.25) is 0 Å². The van der Waals surface area contributed by atoms with E-state index in [-0.39, 0.29) is 12.1 Å². The van der Waals surface area contributed by atoms with E-state index in [9.17, 15) is 4.79 Å². The van der Waals surface area contributed by atoms with Gasteiger partial charge in [0.1, 0.15) is 5.76 Å². The lowest BCUT2D eigenvalue weighted by atomic mass is 10.1. The fourth-order valence-corrected chi connectivity index (χ4v) is 2.89. The Labute approximate surface area is 136 Å². The van der Waals surface area contributed by atoms with Crippen molar-refractivity contribution in [1.82, 2.24) is 4.90 Å². The summed E-state index contributed by atoms with van der Waals surface area (Å²) in [6.07, 6.45) is 3.68. The van der Waals surface area contributed by atoms with E-state index in [0.717, 1.165) is 36.4 Å². The molecule has 0 aliphatic carbocycles. The summed E-state index contributed by atoms with van der Waals surface area (Å²) in [7, 11) is 0. The first-order valence-electron chi connectivity index (χ1n) is 8.07. The molecule has 1 N–H and O–H groups in total. The molecule has 0 spiro atoms. The first-order chi connectivity index (χ1) is 11.3. The lowest BCUT2D eigenvalue weighted by Gasteiger charge is -2.24. The van der Waals surface area contributed by atoms with Gasteiger partial charge in [-0.15, -0.1) is 0 Å². The van der Waals surface area contributed by atoms with Gasteiger partial charge in [0, 0.05) is 24.4 Å². The van der Waals surface area contributed by atoms with Crippen molar-refractivity contribution in [3.8, 4) is 11.3 Å². The Morgan fingerprint density at radius 3 is 2.87 bits per heavy atom. The smallest absolute Gasteiger partial charge is 0.322 e. The molecule has 0 radical (unpaired) electrons. The average Bonchev–Trinajstić information content (AvgIpc) is 3.25. The van der Waals surface area contributed by atoms with Crippen molar-refractivity contribution < 1.29 is 13.9 Å². The van der Waals surface area contributed by atoms with E-state index >= 15 is 0 Å². The van der Waals surface area contributed by atoms with Crippen LogP contribution in [0, 0.1) is 0 Å². The van der Waals surface area contributed by atoms with Crippen molar-refractivity contribution in [3.05, 3.63) is 42.7 Å². The minimum Gasteiger partial charge on any atom is -0.464 e. The van der Waals surface area contributed by atoms with E-state index in [1.165, 1.54) is 0 Å². The predicted molar refractivity (Wildman–Crippen MR) is 89.4 cm³/mol. The lowest BCUT2D eigenvalue weighted by molar-refractivity contribution is 0.0970. The number of likely N-dealkylation sites (tertiary alicyclic amines) is 1. The van der Waals surface area contributed by atoms with E-state index in [2.05, 4.69) is 5.32 Å². The Morgan fingerprint density at radius 2 is 2.17 bits per heavy atom. The van der Waals surface area contributed by atoms with Crippen LogP contribution in [-0.4, -0.2) is 36.7 Å². The highest BCUT2D eigenvalue weighted by atomic mass is 16.5. The van der Waals surface area contributed by atoms with Gasteiger partial charge in [-0.2, -0.15) is 0 Å². The number of rotatable bonds is 5. The van der Waals surface area contributed by atoms with Gasteiger partial charge in [0.2, 0.25) is 0 Å². The molecular formula is C18H22N2O3. The first-order valence-corrected chi connectivity index (χ1v) is 8.07. The van der Waals surface area contributed by atoms with Crippen molar-refractivity contribution in [2.45, 2.75) is 25.8 Å². The van der Waals surface area contributed by atoms with Crippen LogP contribution in [0.1, 0.15) is 19.8 Å². The molecule has 1 aliphatic rings. The molecule has 0 saturated carbocycles. The Bertz CT molecular complexity index is 622. The maximum atomic E-state index is 12.4. The van der Waals surface area contributed by atoms with E-state index < -0.39 is 0 Å². The van der Waals surface area contributed by atoms with Crippen LogP contribution >= 0.6 is 0 Å². The molecule has 1 aromatic carbocycles. The Balaban J connectivity index is 1.61. The Morgan fingerprint density at radius 1 is 1.35 bits per heavy atom. The minimum absolute atomic E-state index is 0.0575. The molecule has 0 unspecified atom stereocenters. The third kappa shape index (κ3) is 3.74. The molecule has 122 valence electrons. The van der Waals surface area contributed by atoms with Gasteiger partial charge in [-0.3, -0.25) is 0 Å². The Kier molecular flexibility index (Phi) is 4.98. The number of urea groups is 1. The number of furan rings is 1. The zero-order valence-corrected chi connectivity index (χ0v) is 13.3. The largest absolute Gasteiger partial charge is 0.464 e. The van der Waals surface area contributed by atoms with Gasteiger partial charge in [-0.1, -0.05) is 0 Å². The number of carbonyl (C=O) groups is 1. The first kappa shape index (κ1) is 15.6. The molecule has 2 heterocycles.